The van der Waals surface area contributed by atoms with Crippen LogP contribution < -0.4 is 4.74 Å². The molecule has 6 nitrogen and oxygen atoms in total. The van der Waals surface area contributed by atoms with Crippen molar-refractivity contribution in [1.29, 1.82) is 0 Å². The molecule has 0 saturated carbocycles. The van der Waals surface area contributed by atoms with Crippen LogP contribution in [-0.2, 0) is 14.3 Å². The number of benzene rings is 1. The molecule has 34 heavy (non-hydrogen) atoms. The first-order valence-corrected chi connectivity index (χ1v) is 12.9. The number of rotatable bonds is 12. The van der Waals surface area contributed by atoms with Crippen molar-refractivity contribution in [1.82, 2.24) is 5.06 Å². The summed E-state index contributed by atoms with van der Waals surface area (Å²) < 4.78 is 17.7. The van der Waals surface area contributed by atoms with Gasteiger partial charge in [0.1, 0.15) is 24.6 Å². The highest BCUT2D eigenvalue weighted by atomic mass is 16.7. The van der Waals surface area contributed by atoms with Gasteiger partial charge in [-0.2, -0.15) is 5.06 Å². The topological polar surface area (TPSA) is 63.7 Å². The molecule has 6 heteroatoms. The largest absolute Gasteiger partial charge is 0.491 e. The number of epoxide rings is 1. The molecule has 1 N–H and O–H groups in total. The number of piperidine rings is 1. The molecule has 0 spiro atoms. The SMILES string of the molecule is CCC(C)(CO)COC1(CC)CC(C)(C)N(OC(C)c2ccc(OCC3CO3)cc2)C(C)(C)C1. The Morgan fingerprint density at radius 1 is 1.12 bits per heavy atom. The Morgan fingerprint density at radius 2 is 1.71 bits per heavy atom. The molecule has 0 radical (unpaired) electrons. The number of aliphatic hydroxyl groups is 1. The molecule has 2 aliphatic heterocycles. The fraction of sp³-hybridized carbons (Fsp3) is 0.786. The van der Waals surface area contributed by atoms with Gasteiger partial charge in [-0.3, -0.25) is 4.84 Å². The normalized spacial score (nSPS) is 26.0. The average Bonchev–Trinajstić information content (AvgIpc) is 3.63. The van der Waals surface area contributed by atoms with Crippen molar-refractivity contribution < 1.29 is 24.2 Å². The lowest BCUT2D eigenvalue weighted by Crippen LogP contribution is -2.66. The van der Waals surface area contributed by atoms with Crippen LogP contribution in [0.25, 0.3) is 0 Å². The fourth-order valence-corrected chi connectivity index (χ4v) is 5.34. The van der Waals surface area contributed by atoms with E-state index in [0.717, 1.165) is 43.6 Å². The molecule has 2 aliphatic rings. The number of ether oxygens (including phenoxy) is 3. The lowest BCUT2D eigenvalue weighted by molar-refractivity contribution is -0.330. The molecule has 1 aromatic rings. The predicted molar refractivity (Wildman–Crippen MR) is 135 cm³/mol. The Morgan fingerprint density at radius 3 is 2.18 bits per heavy atom. The van der Waals surface area contributed by atoms with Crippen LogP contribution in [0.5, 0.6) is 5.75 Å². The highest BCUT2D eigenvalue weighted by Gasteiger charge is 2.54. The van der Waals surface area contributed by atoms with Gasteiger partial charge in [0.15, 0.2) is 0 Å². The Labute approximate surface area is 206 Å². The van der Waals surface area contributed by atoms with Gasteiger partial charge in [-0.15, -0.1) is 0 Å². The first-order valence-electron chi connectivity index (χ1n) is 12.9. The molecule has 1 aromatic carbocycles. The maximum atomic E-state index is 9.88. The number of aliphatic hydroxyl groups excluding tert-OH is 1. The van der Waals surface area contributed by atoms with E-state index < -0.39 is 0 Å². The van der Waals surface area contributed by atoms with E-state index >= 15 is 0 Å². The lowest BCUT2D eigenvalue weighted by atomic mass is 9.71. The summed E-state index contributed by atoms with van der Waals surface area (Å²) in [5.74, 6) is 0.858. The standard InChI is InChI=1S/C28H47NO5/c1-9-27(8,19-30)20-33-28(10-2)17-25(4,5)29(26(6,7)18-28)34-21(3)22-11-13-23(14-12-22)31-15-24-16-32-24/h11-14,21,24,30H,9-10,15-20H2,1-8H3. The van der Waals surface area contributed by atoms with Gasteiger partial charge in [-0.05, 0) is 78.0 Å². The maximum absolute atomic E-state index is 9.88. The summed E-state index contributed by atoms with van der Waals surface area (Å²) in [6.45, 7) is 19.6. The molecule has 0 aliphatic carbocycles. The lowest BCUT2D eigenvalue weighted by Gasteiger charge is -2.58. The molecule has 194 valence electrons. The molecule has 0 amide bonds. The van der Waals surface area contributed by atoms with Gasteiger partial charge in [0.2, 0.25) is 0 Å². The van der Waals surface area contributed by atoms with Crippen molar-refractivity contribution in [3.8, 4) is 5.75 Å². The van der Waals surface area contributed by atoms with Crippen LogP contribution in [0, 0.1) is 5.41 Å². The van der Waals surface area contributed by atoms with E-state index in [2.05, 4.69) is 72.6 Å². The highest BCUT2D eigenvalue weighted by molar-refractivity contribution is 5.28. The fourth-order valence-electron chi connectivity index (χ4n) is 5.34. The molecule has 3 rings (SSSR count). The summed E-state index contributed by atoms with van der Waals surface area (Å²) in [5, 5.41) is 12.1. The molecular formula is C28H47NO5. The predicted octanol–water partition coefficient (Wildman–Crippen LogP) is 5.68. The third-order valence-corrected chi connectivity index (χ3v) is 7.67. The quantitative estimate of drug-likeness (QED) is 0.391. The van der Waals surface area contributed by atoms with Gasteiger partial charge in [0.05, 0.1) is 25.4 Å². The smallest absolute Gasteiger partial charge is 0.119 e. The van der Waals surface area contributed by atoms with E-state index in [4.69, 9.17) is 19.0 Å². The minimum Gasteiger partial charge on any atom is -0.491 e. The first-order chi connectivity index (χ1) is 15.9. The second kappa shape index (κ2) is 10.4. The van der Waals surface area contributed by atoms with E-state index in [-0.39, 0.29) is 40.9 Å². The van der Waals surface area contributed by atoms with Crippen LogP contribution in [0.1, 0.15) is 92.7 Å². The van der Waals surface area contributed by atoms with E-state index in [1.54, 1.807) is 0 Å². The van der Waals surface area contributed by atoms with Gasteiger partial charge in [0, 0.05) is 16.5 Å². The van der Waals surface area contributed by atoms with Crippen LogP contribution in [0.4, 0.5) is 0 Å². The summed E-state index contributed by atoms with van der Waals surface area (Å²) in [4.78, 5) is 6.66. The summed E-state index contributed by atoms with van der Waals surface area (Å²) in [5.41, 5.74) is 0.223. The third-order valence-electron chi connectivity index (χ3n) is 7.67. The zero-order valence-electron chi connectivity index (χ0n) is 22.6. The molecular weight excluding hydrogens is 430 g/mol. The highest BCUT2D eigenvalue weighted by Crippen LogP contribution is 2.48. The Hall–Kier alpha value is -1.18. The van der Waals surface area contributed by atoms with Crippen LogP contribution in [0.3, 0.4) is 0 Å². The van der Waals surface area contributed by atoms with Crippen LogP contribution in [0.15, 0.2) is 24.3 Å². The number of hydrogen-bond acceptors (Lipinski definition) is 6. The summed E-state index contributed by atoms with van der Waals surface area (Å²) in [7, 11) is 0. The van der Waals surface area contributed by atoms with Gasteiger partial charge < -0.3 is 19.3 Å². The Balaban J connectivity index is 1.69. The molecule has 0 bridgehead atoms. The minimum atomic E-state index is -0.244. The van der Waals surface area contributed by atoms with E-state index in [9.17, 15) is 5.11 Å². The monoisotopic (exact) mass is 477 g/mol. The summed E-state index contributed by atoms with van der Waals surface area (Å²) in [6.07, 6.45) is 3.72. The molecule has 3 atom stereocenters. The summed E-state index contributed by atoms with van der Waals surface area (Å²) in [6, 6.07) is 8.17. The number of hydrogen-bond donors (Lipinski definition) is 1. The Kier molecular flexibility index (Phi) is 8.41. The molecule has 2 heterocycles. The molecule has 3 unspecified atom stereocenters. The first kappa shape index (κ1) is 27.4. The van der Waals surface area contributed by atoms with Gasteiger partial charge >= 0.3 is 0 Å². The minimum absolute atomic E-state index is 0.0906. The van der Waals surface area contributed by atoms with Crippen LogP contribution >= 0.6 is 0 Å². The van der Waals surface area contributed by atoms with Crippen LogP contribution in [0.2, 0.25) is 0 Å². The number of hydroxylamine groups is 2. The maximum Gasteiger partial charge on any atom is 0.119 e. The van der Waals surface area contributed by atoms with E-state index in [1.807, 2.05) is 12.1 Å². The van der Waals surface area contributed by atoms with Crippen molar-refractivity contribution in [3.05, 3.63) is 29.8 Å². The molecule has 2 fully saturated rings. The zero-order valence-corrected chi connectivity index (χ0v) is 22.6. The average molecular weight is 478 g/mol. The van der Waals surface area contributed by atoms with E-state index in [0.29, 0.717) is 13.2 Å². The van der Waals surface area contributed by atoms with Crippen molar-refractivity contribution >= 4 is 0 Å². The second-order valence-corrected chi connectivity index (χ2v) is 12.0. The molecule has 0 aromatic heterocycles. The summed E-state index contributed by atoms with van der Waals surface area (Å²) >= 11 is 0. The zero-order chi connectivity index (χ0) is 25.2. The van der Waals surface area contributed by atoms with Gasteiger partial charge in [0.25, 0.3) is 0 Å². The second-order valence-electron chi connectivity index (χ2n) is 12.0. The van der Waals surface area contributed by atoms with Gasteiger partial charge in [-0.25, -0.2) is 0 Å². The third kappa shape index (κ3) is 6.52. The van der Waals surface area contributed by atoms with Gasteiger partial charge in [-0.1, -0.05) is 32.9 Å². The van der Waals surface area contributed by atoms with Crippen molar-refractivity contribution in [2.75, 3.05) is 26.4 Å². The van der Waals surface area contributed by atoms with Crippen molar-refractivity contribution in [3.63, 3.8) is 0 Å². The van der Waals surface area contributed by atoms with Crippen molar-refractivity contribution in [2.45, 2.75) is 110 Å². The Bertz CT molecular complexity index is 764. The van der Waals surface area contributed by atoms with E-state index in [1.165, 1.54) is 0 Å². The van der Waals surface area contributed by atoms with Crippen LogP contribution in [-0.4, -0.2) is 59.4 Å². The van der Waals surface area contributed by atoms with Crippen molar-refractivity contribution in [2.24, 2.45) is 5.41 Å². The number of nitrogens with zero attached hydrogens (tertiary/aromatic N) is 1. The molecule has 2 saturated heterocycles.